The summed E-state index contributed by atoms with van der Waals surface area (Å²) < 4.78 is 46.9. The van der Waals surface area contributed by atoms with Crippen molar-refractivity contribution in [2.75, 3.05) is 16.8 Å². The van der Waals surface area contributed by atoms with Crippen LogP contribution >= 0.6 is 12.2 Å². The van der Waals surface area contributed by atoms with Crippen LogP contribution in [0.5, 0.6) is 11.5 Å². The first-order chi connectivity index (χ1) is 18.1. The first kappa shape index (κ1) is 26.9. The lowest BCUT2D eigenvalue weighted by molar-refractivity contribution is -0.274. The van der Waals surface area contributed by atoms with Gasteiger partial charge in [0.05, 0.1) is 18.7 Å². The van der Waals surface area contributed by atoms with Crippen molar-refractivity contribution in [3.63, 3.8) is 0 Å². The number of amides is 2. The summed E-state index contributed by atoms with van der Waals surface area (Å²) >= 11 is 5.63. The number of halogens is 3. The third-order valence-electron chi connectivity index (χ3n) is 5.67. The topological polar surface area (TPSA) is 71.1 Å². The maximum atomic E-state index is 13.5. The maximum Gasteiger partial charge on any atom is 0.573 e. The van der Waals surface area contributed by atoms with Crippen molar-refractivity contribution in [2.45, 2.75) is 32.3 Å². The molecule has 198 valence electrons. The average molecular weight is 544 g/mol. The van der Waals surface area contributed by atoms with Gasteiger partial charge >= 0.3 is 6.36 Å². The first-order valence-electron chi connectivity index (χ1n) is 11.7. The number of hydrogen-bond donors (Lipinski definition) is 1. The second-order valence-electron chi connectivity index (χ2n) is 8.34. The van der Waals surface area contributed by atoms with E-state index >= 15 is 0 Å². The molecular formula is C27H24F3N3O4S. The zero-order valence-electron chi connectivity index (χ0n) is 20.3. The van der Waals surface area contributed by atoms with Gasteiger partial charge in [0.15, 0.2) is 5.11 Å². The van der Waals surface area contributed by atoms with Crippen LogP contribution in [0, 0.1) is 0 Å². The number of rotatable bonds is 9. The van der Waals surface area contributed by atoms with E-state index in [4.69, 9.17) is 17.0 Å². The van der Waals surface area contributed by atoms with Crippen molar-refractivity contribution >= 4 is 40.5 Å². The highest BCUT2D eigenvalue weighted by molar-refractivity contribution is 7.80. The predicted molar refractivity (Wildman–Crippen MR) is 140 cm³/mol. The molecule has 0 aromatic heterocycles. The summed E-state index contributed by atoms with van der Waals surface area (Å²) in [5.74, 6) is -0.471. The van der Waals surface area contributed by atoms with E-state index in [9.17, 15) is 22.8 Å². The lowest BCUT2D eigenvalue weighted by Crippen LogP contribution is -2.37. The number of anilines is 2. The van der Waals surface area contributed by atoms with Crippen LogP contribution in [-0.2, 0) is 16.1 Å². The first-order valence-corrected chi connectivity index (χ1v) is 12.1. The van der Waals surface area contributed by atoms with Gasteiger partial charge < -0.3 is 19.7 Å². The summed E-state index contributed by atoms with van der Waals surface area (Å²) in [6.07, 6.45) is -4.99. The van der Waals surface area contributed by atoms with Crippen LogP contribution in [-0.4, -0.2) is 40.8 Å². The van der Waals surface area contributed by atoms with Gasteiger partial charge in [-0.25, -0.2) is 0 Å². The van der Waals surface area contributed by atoms with E-state index in [-0.39, 0.29) is 29.7 Å². The van der Waals surface area contributed by atoms with Crippen molar-refractivity contribution < 1.29 is 32.2 Å². The van der Waals surface area contributed by atoms with Gasteiger partial charge in [0.1, 0.15) is 17.5 Å². The number of nitrogens with one attached hydrogen (secondary N) is 1. The summed E-state index contributed by atoms with van der Waals surface area (Å²) in [5.41, 5.74) is 1.68. The molecule has 0 saturated carbocycles. The number of benzene rings is 3. The fraction of sp³-hybridized carbons (Fsp3) is 0.222. The van der Waals surface area contributed by atoms with E-state index in [1.807, 2.05) is 6.92 Å². The standard InChI is InChI=1S/C27H24F3N3O4S/c1-2-36-21-14-10-19(11-15-21)31-24(34)16-23-25(35)33(20-6-4-3-5-7-20)26(38)32(23)17-18-8-12-22(13-9-18)37-27(28,29)30/h3-15,23H,2,16-17H2,1H3,(H,31,34). The van der Waals surface area contributed by atoms with E-state index in [1.54, 1.807) is 59.5 Å². The third kappa shape index (κ3) is 6.60. The fourth-order valence-corrected chi connectivity index (χ4v) is 4.40. The summed E-state index contributed by atoms with van der Waals surface area (Å²) in [5, 5.41) is 2.97. The van der Waals surface area contributed by atoms with Crippen LogP contribution in [0.2, 0.25) is 0 Å². The Labute approximate surface area is 222 Å². The van der Waals surface area contributed by atoms with Crippen LogP contribution in [0.25, 0.3) is 0 Å². The molecule has 1 unspecified atom stereocenters. The number of ether oxygens (including phenoxy) is 2. The van der Waals surface area contributed by atoms with Gasteiger partial charge in [0.25, 0.3) is 5.91 Å². The normalized spacial score (nSPS) is 15.5. The molecule has 38 heavy (non-hydrogen) atoms. The Morgan fingerprint density at radius 3 is 2.21 bits per heavy atom. The summed E-state index contributed by atoms with van der Waals surface area (Å²) in [4.78, 5) is 29.4. The van der Waals surface area contributed by atoms with Crippen LogP contribution < -0.4 is 19.7 Å². The number of alkyl halides is 3. The van der Waals surface area contributed by atoms with Gasteiger partial charge in [-0.15, -0.1) is 13.2 Å². The highest BCUT2D eigenvalue weighted by Crippen LogP contribution is 2.30. The molecule has 0 bridgehead atoms. The molecule has 1 atom stereocenters. The minimum atomic E-state index is -4.80. The van der Waals surface area contributed by atoms with Crippen LogP contribution in [0.3, 0.4) is 0 Å². The second kappa shape index (κ2) is 11.5. The third-order valence-corrected chi connectivity index (χ3v) is 6.09. The van der Waals surface area contributed by atoms with E-state index in [0.29, 0.717) is 29.3 Å². The van der Waals surface area contributed by atoms with Crippen LogP contribution in [0.15, 0.2) is 78.9 Å². The van der Waals surface area contributed by atoms with Gasteiger partial charge in [-0.05, 0) is 73.2 Å². The zero-order valence-corrected chi connectivity index (χ0v) is 21.1. The monoisotopic (exact) mass is 543 g/mol. The molecule has 0 aliphatic carbocycles. The van der Waals surface area contributed by atoms with Gasteiger partial charge in [-0.3, -0.25) is 14.5 Å². The molecule has 3 aromatic rings. The summed E-state index contributed by atoms with van der Waals surface area (Å²) in [7, 11) is 0. The van der Waals surface area contributed by atoms with Gasteiger partial charge in [-0.2, -0.15) is 0 Å². The van der Waals surface area contributed by atoms with Crippen LogP contribution in [0.4, 0.5) is 24.5 Å². The molecule has 0 radical (unpaired) electrons. The van der Waals surface area contributed by atoms with Gasteiger partial charge in [0, 0.05) is 12.2 Å². The number of carbonyl (C=O) groups is 2. The van der Waals surface area contributed by atoms with Crippen molar-refractivity contribution in [1.29, 1.82) is 0 Å². The zero-order chi connectivity index (χ0) is 27.3. The molecule has 1 saturated heterocycles. The maximum absolute atomic E-state index is 13.5. The SMILES string of the molecule is CCOc1ccc(NC(=O)CC2C(=O)N(c3ccccc3)C(=S)N2Cc2ccc(OC(F)(F)F)cc2)cc1. The molecule has 1 aliphatic rings. The van der Waals surface area contributed by atoms with Gasteiger partial charge in [-0.1, -0.05) is 30.3 Å². The highest BCUT2D eigenvalue weighted by Gasteiger charge is 2.44. The molecule has 2 amide bonds. The number of hydrogen-bond acceptors (Lipinski definition) is 5. The molecule has 4 rings (SSSR count). The summed E-state index contributed by atoms with van der Waals surface area (Å²) in [6, 6.07) is 20.0. The highest BCUT2D eigenvalue weighted by atomic mass is 32.1. The molecule has 11 heteroatoms. The Morgan fingerprint density at radius 2 is 1.61 bits per heavy atom. The van der Waals surface area contributed by atoms with E-state index in [1.165, 1.54) is 29.2 Å². The molecule has 3 aromatic carbocycles. The molecule has 1 aliphatic heterocycles. The smallest absolute Gasteiger partial charge is 0.494 e. The summed E-state index contributed by atoms with van der Waals surface area (Å²) in [6.45, 7) is 2.48. The number of para-hydroxylation sites is 1. The largest absolute Gasteiger partial charge is 0.573 e. The Balaban J connectivity index is 1.53. The number of carbonyl (C=O) groups excluding carboxylic acids is 2. The quantitative estimate of drug-likeness (QED) is 0.359. The molecule has 0 spiro atoms. The van der Waals surface area contributed by atoms with Crippen molar-refractivity contribution in [3.8, 4) is 11.5 Å². The lowest BCUT2D eigenvalue weighted by atomic mass is 10.1. The van der Waals surface area contributed by atoms with E-state index in [2.05, 4.69) is 10.1 Å². The minimum Gasteiger partial charge on any atom is -0.494 e. The van der Waals surface area contributed by atoms with Crippen molar-refractivity contribution in [3.05, 3.63) is 84.4 Å². The average Bonchev–Trinajstić information content (AvgIpc) is 3.10. The van der Waals surface area contributed by atoms with Crippen LogP contribution in [0.1, 0.15) is 18.9 Å². The van der Waals surface area contributed by atoms with E-state index < -0.39 is 18.3 Å². The number of nitrogens with zero attached hydrogens (tertiary/aromatic N) is 2. The molecule has 7 nitrogen and oxygen atoms in total. The Hall–Kier alpha value is -4.12. The Kier molecular flexibility index (Phi) is 8.16. The van der Waals surface area contributed by atoms with Crippen molar-refractivity contribution in [1.82, 2.24) is 4.90 Å². The Bertz CT molecular complexity index is 1290. The molecule has 1 fully saturated rings. The van der Waals surface area contributed by atoms with Crippen molar-refractivity contribution in [2.24, 2.45) is 0 Å². The molecular weight excluding hydrogens is 519 g/mol. The van der Waals surface area contributed by atoms with E-state index in [0.717, 1.165) is 0 Å². The fourth-order valence-electron chi connectivity index (χ4n) is 4.01. The molecule has 1 N–H and O–H groups in total. The predicted octanol–water partition coefficient (Wildman–Crippen LogP) is 5.52. The minimum absolute atomic E-state index is 0.0984. The lowest BCUT2D eigenvalue weighted by Gasteiger charge is -2.24. The molecule has 1 heterocycles. The number of thiocarbonyl (C=S) groups is 1. The Morgan fingerprint density at radius 1 is 0.974 bits per heavy atom. The second-order valence-corrected chi connectivity index (χ2v) is 8.70. The van der Waals surface area contributed by atoms with Gasteiger partial charge in [0.2, 0.25) is 5.91 Å².